The zero-order valence-electron chi connectivity index (χ0n) is 9.71. The molecule has 0 fully saturated rings. The topological polar surface area (TPSA) is 93.6 Å². The summed E-state index contributed by atoms with van der Waals surface area (Å²) in [6, 6.07) is 6.54. The number of hydrogen-bond acceptors (Lipinski definition) is 4. The molecule has 19 heavy (non-hydrogen) atoms. The van der Waals surface area contributed by atoms with Crippen molar-refractivity contribution < 1.29 is 19.2 Å². The lowest BCUT2D eigenvalue weighted by Gasteiger charge is -2.06. The molecule has 7 heteroatoms. The second-order valence-corrected chi connectivity index (χ2v) is 4.58. The highest BCUT2D eigenvalue weighted by atomic mass is 35.5. The van der Waals surface area contributed by atoms with E-state index in [-0.39, 0.29) is 12.2 Å². The molecule has 1 aromatic carbocycles. The first-order valence-corrected chi connectivity index (χ1v) is 5.86. The van der Waals surface area contributed by atoms with Crippen LogP contribution in [-0.2, 0) is 4.79 Å². The molecule has 0 saturated carbocycles. The van der Waals surface area contributed by atoms with Gasteiger partial charge in [0, 0.05) is 15.3 Å². The molecule has 1 unspecified atom stereocenters. The Morgan fingerprint density at radius 1 is 1.47 bits per heavy atom. The monoisotopic (exact) mass is 283 g/mol. The third kappa shape index (κ3) is 3.23. The van der Waals surface area contributed by atoms with Crippen molar-refractivity contribution in [2.75, 3.05) is 6.54 Å². The van der Waals surface area contributed by atoms with Crippen LogP contribution in [0.4, 0.5) is 0 Å². The van der Waals surface area contributed by atoms with Gasteiger partial charge < -0.3 is 9.52 Å². The van der Waals surface area contributed by atoms with E-state index >= 15 is 0 Å². The second-order valence-electron chi connectivity index (χ2n) is 4.14. The average Bonchev–Trinajstić information content (AvgIpc) is 2.69. The highest BCUT2D eigenvalue weighted by Crippen LogP contribution is 2.29. The first-order chi connectivity index (χ1) is 8.95. The molecule has 0 saturated heterocycles. The Balaban J connectivity index is 2.37. The number of carboxylic acid groups (broad SMARTS) is 1. The van der Waals surface area contributed by atoms with Crippen LogP contribution < -0.4 is 0 Å². The van der Waals surface area contributed by atoms with Gasteiger partial charge in [-0.1, -0.05) is 11.6 Å². The molecule has 100 valence electrons. The van der Waals surface area contributed by atoms with Crippen molar-refractivity contribution >= 4 is 28.5 Å². The lowest BCUT2D eigenvalue weighted by Crippen LogP contribution is -2.15. The SMILES string of the molecule is O=C(O)CC(C[N+](=O)[O-])c1cc2cc(Cl)ccc2o1. The molecule has 1 atom stereocenters. The highest BCUT2D eigenvalue weighted by molar-refractivity contribution is 6.31. The zero-order valence-corrected chi connectivity index (χ0v) is 10.5. The van der Waals surface area contributed by atoms with E-state index in [1.54, 1.807) is 24.3 Å². The number of benzene rings is 1. The maximum absolute atomic E-state index is 10.7. The van der Waals surface area contributed by atoms with Crippen LogP contribution in [0.2, 0.25) is 5.02 Å². The predicted octanol–water partition coefficient (Wildman–Crippen LogP) is 2.92. The molecule has 1 heterocycles. The van der Waals surface area contributed by atoms with Crippen molar-refractivity contribution in [1.29, 1.82) is 0 Å². The molecule has 0 bridgehead atoms. The third-order valence-electron chi connectivity index (χ3n) is 2.69. The Kier molecular flexibility index (Phi) is 3.71. The van der Waals surface area contributed by atoms with Crippen LogP contribution >= 0.6 is 11.6 Å². The molecule has 1 N–H and O–H groups in total. The van der Waals surface area contributed by atoms with E-state index in [0.717, 1.165) is 0 Å². The quantitative estimate of drug-likeness (QED) is 0.672. The molecular weight excluding hydrogens is 274 g/mol. The fourth-order valence-electron chi connectivity index (χ4n) is 1.88. The van der Waals surface area contributed by atoms with Crippen molar-refractivity contribution in [3.63, 3.8) is 0 Å². The minimum Gasteiger partial charge on any atom is -0.481 e. The van der Waals surface area contributed by atoms with Crippen LogP contribution in [0.25, 0.3) is 11.0 Å². The Hall–Kier alpha value is -2.08. The number of rotatable bonds is 5. The van der Waals surface area contributed by atoms with Gasteiger partial charge in [0.15, 0.2) is 0 Å². The van der Waals surface area contributed by atoms with E-state index in [1.807, 2.05) is 0 Å². The van der Waals surface area contributed by atoms with E-state index in [1.165, 1.54) is 0 Å². The number of furan rings is 1. The van der Waals surface area contributed by atoms with Crippen LogP contribution in [0.5, 0.6) is 0 Å². The van der Waals surface area contributed by atoms with Crippen LogP contribution in [-0.4, -0.2) is 22.5 Å². The molecule has 0 spiro atoms. The maximum Gasteiger partial charge on any atom is 0.304 e. The average molecular weight is 284 g/mol. The summed E-state index contributed by atoms with van der Waals surface area (Å²) < 4.78 is 5.46. The first kappa shape index (κ1) is 13.4. The molecule has 0 radical (unpaired) electrons. The Morgan fingerprint density at radius 2 is 2.21 bits per heavy atom. The van der Waals surface area contributed by atoms with Crippen molar-refractivity contribution in [3.05, 3.63) is 45.2 Å². The largest absolute Gasteiger partial charge is 0.481 e. The van der Waals surface area contributed by atoms with Gasteiger partial charge in [-0.25, -0.2) is 0 Å². The second kappa shape index (κ2) is 5.27. The van der Waals surface area contributed by atoms with Gasteiger partial charge >= 0.3 is 5.97 Å². The molecule has 2 aromatic rings. The normalized spacial score (nSPS) is 12.5. The van der Waals surface area contributed by atoms with E-state index in [4.69, 9.17) is 21.1 Å². The van der Waals surface area contributed by atoms with E-state index < -0.39 is 23.4 Å². The van der Waals surface area contributed by atoms with Gasteiger partial charge in [-0.05, 0) is 24.3 Å². The Morgan fingerprint density at radius 3 is 2.84 bits per heavy atom. The minimum atomic E-state index is -1.11. The summed E-state index contributed by atoms with van der Waals surface area (Å²) in [5.41, 5.74) is 0.526. The predicted molar refractivity (Wildman–Crippen MR) is 68.1 cm³/mol. The first-order valence-electron chi connectivity index (χ1n) is 5.48. The summed E-state index contributed by atoms with van der Waals surface area (Å²) in [6.07, 6.45) is -0.353. The molecular formula is C12H10ClNO5. The van der Waals surface area contributed by atoms with Crippen LogP contribution in [0.3, 0.4) is 0 Å². The van der Waals surface area contributed by atoms with E-state index in [9.17, 15) is 14.9 Å². The molecule has 6 nitrogen and oxygen atoms in total. The number of halogens is 1. The lowest BCUT2D eigenvalue weighted by atomic mass is 10.0. The molecule has 0 aliphatic heterocycles. The van der Waals surface area contributed by atoms with Crippen molar-refractivity contribution in [3.8, 4) is 0 Å². The van der Waals surface area contributed by atoms with Crippen molar-refractivity contribution in [1.82, 2.24) is 0 Å². The number of carbonyl (C=O) groups is 1. The fraction of sp³-hybridized carbons (Fsp3) is 0.250. The standard InChI is InChI=1S/C12H10ClNO5/c13-9-1-2-10-7(3-9)4-11(19-10)8(5-12(15)16)6-14(17)18/h1-4,8H,5-6H2,(H,15,16). The van der Waals surface area contributed by atoms with Gasteiger partial charge in [0.2, 0.25) is 6.54 Å². The van der Waals surface area contributed by atoms with Crippen LogP contribution in [0, 0.1) is 10.1 Å². The smallest absolute Gasteiger partial charge is 0.304 e. The molecule has 0 aliphatic rings. The van der Waals surface area contributed by atoms with E-state index in [0.29, 0.717) is 16.0 Å². The van der Waals surface area contributed by atoms with Crippen LogP contribution in [0.1, 0.15) is 18.1 Å². The lowest BCUT2D eigenvalue weighted by molar-refractivity contribution is -0.483. The van der Waals surface area contributed by atoms with Gasteiger partial charge in [0.05, 0.1) is 12.3 Å². The highest BCUT2D eigenvalue weighted by Gasteiger charge is 2.24. The summed E-state index contributed by atoms with van der Waals surface area (Å²) in [5, 5.41) is 20.6. The summed E-state index contributed by atoms with van der Waals surface area (Å²) in [5.74, 6) is -1.61. The summed E-state index contributed by atoms with van der Waals surface area (Å²) in [7, 11) is 0. The number of aliphatic carboxylic acids is 1. The van der Waals surface area contributed by atoms with Crippen molar-refractivity contribution in [2.24, 2.45) is 0 Å². The summed E-state index contributed by atoms with van der Waals surface area (Å²) >= 11 is 5.83. The summed E-state index contributed by atoms with van der Waals surface area (Å²) in [4.78, 5) is 20.8. The number of nitro groups is 1. The van der Waals surface area contributed by atoms with E-state index in [2.05, 4.69) is 0 Å². The van der Waals surface area contributed by atoms with Crippen LogP contribution in [0.15, 0.2) is 28.7 Å². The molecule has 0 aliphatic carbocycles. The van der Waals surface area contributed by atoms with Crippen molar-refractivity contribution in [2.45, 2.75) is 12.3 Å². The summed E-state index contributed by atoms with van der Waals surface area (Å²) in [6.45, 7) is -0.486. The van der Waals surface area contributed by atoms with Gasteiger partial charge in [0.1, 0.15) is 11.3 Å². The fourth-order valence-corrected chi connectivity index (χ4v) is 2.06. The molecule has 2 rings (SSSR count). The Labute approximate surface area is 112 Å². The van der Waals surface area contributed by atoms with Gasteiger partial charge in [-0.3, -0.25) is 14.9 Å². The third-order valence-corrected chi connectivity index (χ3v) is 2.93. The van der Waals surface area contributed by atoms with Gasteiger partial charge in [-0.15, -0.1) is 0 Å². The Bertz CT molecular complexity index is 620. The molecule has 1 aromatic heterocycles. The number of carboxylic acids is 1. The maximum atomic E-state index is 10.7. The molecule has 0 amide bonds. The minimum absolute atomic E-state index is 0.288. The van der Waals surface area contributed by atoms with Gasteiger partial charge in [-0.2, -0.15) is 0 Å². The number of hydrogen-bond donors (Lipinski definition) is 1. The number of nitrogens with zero attached hydrogens (tertiary/aromatic N) is 1. The van der Waals surface area contributed by atoms with Gasteiger partial charge in [0.25, 0.3) is 0 Å². The number of fused-ring (bicyclic) bond motifs is 1. The zero-order chi connectivity index (χ0) is 14.0.